The normalized spacial score (nSPS) is 29.9. The summed E-state index contributed by atoms with van der Waals surface area (Å²) in [4.78, 5) is 7.19. The lowest BCUT2D eigenvalue weighted by Gasteiger charge is -2.45. The van der Waals surface area contributed by atoms with Crippen LogP contribution in [0.15, 0.2) is 54.6 Å². The Morgan fingerprint density at radius 3 is 2.58 bits per heavy atom. The minimum absolute atomic E-state index is 0.0228. The molecular formula is C26H28N2O3. The molecule has 1 aromatic heterocycles. The zero-order chi connectivity index (χ0) is 21.0. The minimum atomic E-state index is -0.722. The van der Waals surface area contributed by atoms with Crippen molar-refractivity contribution in [2.45, 2.75) is 56.4 Å². The average Bonchev–Trinajstić information content (AvgIpc) is 3.03. The summed E-state index contributed by atoms with van der Waals surface area (Å²) in [5.74, 6) is 1.61. The van der Waals surface area contributed by atoms with Gasteiger partial charge in [0.2, 0.25) is 0 Å². The van der Waals surface area contributed by atoms with Gasteiger partial charge in [0, 0.05) is 29.7 Å². The van der Waals surface area contributed by atoms with Crippen LogP contribution in [0.25, 0.3) is 10.9 Å². The van der Waals surface area contributed by atoms with Gasteiger partial charge < -0.3 is 14.6 Å². The summed E-state index contributed by atoms with van der Waals surface area (Å²) in [6.07, 6.45) is 3.81. The van der Waals surface area contributed by atoms with Crippen molar-refractivity contribution in [2.75, 3.05) is 13.2 Å². The first-order chi connectivity index (χ1) is 15.1. The molecule has 2 fully saturated rings. The van der Waals surface area contributed by atoms with Gasteiger partial charge in [-0.15, -0.1) is 0 Å². The van der Waals surface area contributed by atoms with E-state index >= 15 is 0 Å². The summed E-state index contributed by atoms with van der Waals surface area (Å²) in [7, 11) is 0. The zero-order valence-electron chi connectivity index (χ0n) is 17.8. The highest BCUT2D eigenvalue weighted by molar-refractivity contribution is 5.88. The molecule has 31 heavy (non-hydrogen) atoms. The SMILES string of the molecule is Cc1ccc2c3c(ccc2n1)OC[C@H](CN1[C@@H]2CC[C@H]1CC(O)(c1ccccc1)C2)O3. The lowest BCUT2D eigenvalue weighted by atomic mass is 9.80. The molecule has 1 unspecified atom stereocenters. The minimum Gasteiger partial charge on any atom is -0.486 e. The Bertz CT molecular complexity index is 1100. The third-order valence-electron chi connectivity index (χ3n) is 7.28. The summed E-state index contributed by atoms with van der Waals surface area (Å²) in [5.41, 5.74) is 2.26. The van der Waals surface area contributed by atoms with E-state index in [0.717, 1.165) is 65.9 Å². The molecule has 1 N–H and O–H groups in total. The molecule has 4 atom stereocenters. The number of nitrogens with zero attached hydrogens (tertiary/aromatic N) is 2. The van der Waals surface area contributed by atoms with Crippen molar-refractivity contribution in [1.82, 2.24) is 9.88 Å². The van der Waals surface area contributed by atoms with Crippen LogP contribution < -0.4 is 9.47 Å². The van der Waals surface area contributed by atoms with E-state index in [-0.39, 0.29) is 6.10 Å². The molecule has 4 heterocycles. The standard InChI is InChI=1S/C26H28N2O3/c1-17-7-10-22-23(27-17)11-12-24-25(22)31-21(16-30-24)15-28-19-8-9-20(28)14-26(29,13-19)18-5-3-2-4-6-18/h2-7,10-12,19-21,29H,8-9,13-16H2,1H3/t19-,20+,21-,26?/m0/s1. The predicted octanol–water partition coefficient (Wildman–Crippen LogP) is 4.20. The van der Waals surface area contributed by atoms with E-state index in [1.807, 2.05) is 43.3 Å². The maximum absolute atomic E-state index is 11.4. The molecule has 0 amide bonds. The summed E-state index contributed by atoms with van der Waals surface area (Å²) in [6, 6.07) is 19.0. The number of rotatable bonds is 3. The van der Waals surface area contributed by atoms with E-state index < -0.39 is 5.60 Å². The first kappa shape index (κ1) is 19.1. The van der Waals surface area contributed by atoms with Gasteiger partial charge in [-0.2, -0.15) is 0 Å². The second-order valence-electron chi connectivity index (χ2n) is 9.35. The average molecular weight is 417 g/mol. The Kier molecular flexibility index (Phi) is 4.44. The van der Waals surface area contributed by atoms with Gasteiger partial charge in [-0.25, -0.2) is 0 Å². The third kappa shape index (κ3) is 3.27. The Labute approximate surface area is 182 Å². The summed E-state index contributed by atoms with van der Waals surface area (Å²) < 4.78 is 12.6. The van der Waals surface area contributed by atoms with Crippen molar-refractivity contribution in [3.63, 3.8) is 0 Å². The fourth-order valence-corrected chi connectivity index (χ4v) is 5.80. The number of fused-ring (bicyclic) bond motifs is 5. The Hall–Kier alpha value is -2.63. The van der Waals surface area contributed by atoms with E-state index in [1.165, 1.54) is 0 Å². The first-order valence-electron chi connectivity index (χ1n) is 11.3. The second-order valence-corrected chi connectivity index (χ2v) is 9.35. The second kappa shape index (κ2) is 7.21. The van der Waals surface area contributed by atoms with Gasteiger partial charge in [0.15, 0.2) is 11.5 Å². The number of ether oxygens (including phenoxy) is 2. The smallest absolute Gasteiger partial charge is 0.171 e. The molecule has 160 valence electrons. The van der Waals surface area contributed by atoms with Crippen LogP contribution in [0, 0.1) is 6.92 Å². The van der Waals surface area contributed by atoms with Crippen molar-refractivity contribution in [1.29, 1.82) is 0 Å². The van der Waals surface area contributed by atoms with Crippen molar-refractivity contribution < 1.29 is 14.6 Å². The van der Waals surface area contributed by atoms with Gasteiger partial charge in [0.25, 0.3) is 0 Å². The Morgan fingerprint density at radius 2 is 1.81 bits per heavy atom. The highest BCUT2D eigenvalue weighted by atomic mass is 16.6. The van der Waals surface area contributed by atoms with Gasteiger partial charge in [-0.1, -0.05) is 30.3 Å². The summed E-state index contributed by atoms with van der Waals surface area (Å²) in [5, 5.41) is 12.4. The maximum atomic E-state index is 11.4. The number of hydrogen-bond acceptors (Lipinski definition) is 5. The van der Waals surface area contributed by atoms with Crippen LogP contribution in [0.2, 0.25) is 0 Å². The monoisotopic (exact) mass is 416 g/mol. The molecule has 5 nitrogen and oxygen atoms in total. The first-order valence-corrected chi connectivity index (χ1v) is 11.3. The topological polar surface area (TPSA) is 54.8 Å². The molecule has 3 aromatic rings. The molecular weight excluding hydrogens is 388 g/mol. The van der Waals surface area contributed by atoms with Gasteiger partial charge in [0.05, 0.1) is 11.1 Å². The van der Waals surface area contributed by atoms with Gasteiger partial charge in [-0.05, 0) is 62.4 Å². The van der Waals surface area contributed by atoms with Crippen molar-refractivity contribution in [3.8, 4) is 11.5 Å². The fraction of sp³-hybridized carbons (Fsp3) is 0.423. The van der Waals surface area contributed by atoms with Crippen LogP contribution in [0.4, 0.5) is 0 Å². The number of benzene rings is 2. The van der Waals surface area contributed by atoms with Gasteiger partial charge in [0.1, 0.15) is 12.7 Å². The number of hydrogen-bond donors (Lipinski definition) is 1. The number of aliphatic hydroxyl groups is 1. The Balaban J connectivity index is 1.21. The highest BCUT2D eigenvalue weighted by Crippen LogP contribution is 2.46. The molecule has 0 saturated carbocycles. The van der Waals surface area contributed by atoms with Gasteiger partial charge >= 0.3 is 0 Å². The predicted molar refractivity (Wildman–Crippen MR) is 119 cm³/mol. The summed E-state index contributed by atoms with van der Waals surface area (Å²) >= 11 is 0. The number of aryl methyl sites for hydroxylation is 1. The summed E-state index contributed by atoms with van der Waals surface area (Å²) in [6.45, 7) is 3.38. The number of aromatic nitrogens is 1. The van der Waals surface area contributed by atoms with Crippen molar-refractivity contribution in [3.05, 3.63) is 65.9 Å². The fourth-order valence-electron chi connectivity index (χ4n) is 5.80. The van der Waals surface area contributed by atoms with Crippen LogP contribution in [0.1, 0.15) is 36.9 Å². The zero-order valence-corrected chi connectivity index (χ0v) is 17.8. The van der Waals surface area contributed by atoms with Crippen LogP contribution in [0.3, 0.4) is 0 Å². The van der Waals surface area contributed by atoms with E-state index in [0.29, 0.717) is 18.7 Å². The molecule has 2 bridgehead atoms. The van der Waals surface area contributed by atoms with Crippen LogP contribution in [-0.2, 0) is 5.60 Å². The molecule has 3 aliphatic rings. The molecule has 0 radical (unpaired) electrons. The lowest BCUT2D eigenvalue weighted by molar-refractivity contribution is -0.0685. The van der Waals surface area contributed by atoms with E-state index in [4.69, 9.17) is 9.47 Å². The van der Waals surface area contributed by atoms with E-state index in [1.54, 1.807) is 0 Å². The van der Waals surface area contributed by atoms with E-state index in [2.05, 4.69) is 28.1 Å². The molecule has 2 saturated heterocycles. The quantitative estimate of drug-likeness (QED) is 0.694. The third-order valence-corrected chi connectivity index (χ3v) is 7.28. The number of piperidine rings is 1. The molecule has 6 rings (SSSR count). The lowest BCUT2D eigenvalue weighted by Crippen LogP contribution is -2.53. The highest BCUT2D eigenvalue weighted by Gasteiger charge is 2.49. The van der Waals surface area contributed by atoms with Crippen molar-refractivity contribution >= 4 is 10.9 Å². The van der Waals surface area contributed by atoms with Crippen LogP contribution in [-0.4, -0.2) is 46.3 Å². The van der Waals surface area contributed by atoms with Crippen LogP contribution in [0.5, 0.6) is 11.5 Å². The molecule has 3 aliphatic heterocycles. The van der Waals surface area contributed by atoms with Gasteiger partial charge in [-0.3, -0.25) is 9.88 Å². The largest absolute Gasteiger partial charge is 0.486 e. The molecule has 0 aliphatic carbocycles. The molecule has 5 heteroatoms. The molecule has 0 spiro atoms. The van der Waals surface area contributed by atoms with Crippen molar-refractivity contribution in [2.24, 2.45) is 0 Å². The number of pyridine rings is 1. The maximum Gasteiger partial charge on any atom is 0.171 e. The molecule has 2 aromatic carbocycles. The van der Waals surface area contributed by atoms with Crippen LogP contribution >= 0.6 is 0 Å². The Morgan fingerprint density at radius 1 is 1.03 bits per heavy atom. The van der Waals surface area contributed by atoms with E-state index in [9.17, 15) is 5.11 Å².